The number of Topliss-reactive ketones (excluding diaryl/α,β-unsaturated/α-hetero) is 1. The summed E-state index contributed by atoms with van der Waals surface area (Å²) in [5.74, 6) is -0.0966. The van der Waals surface area contributed by atoms with Crippen molar-refractivity contribution in [3.05, 3.63) is 11.5 Å². The summed E-state index contributed by atoms with van der Waals surface area (Å²) < 4.78 is 9.72. The summed E-state index contributed by atoms with van der Waals surface area (Å²) in [5, 5.41) is 6.86. The molecule has 1 N–H and O–H groups in total. The third-order valence-corrected chi connectivity index (χ3v) is 1.61. The first-order valence-electron chi connectivity index (χ1n) is 3.60. The molecule has 0 unspecified atom stereocenters. The van der Waals surface area contributed by atoms with Crippen molar-refractivity contribution in [2.24, 2.45) is 0 Å². The highest BCUT2D eigenvalue weighted by Crippen LogP contribution is 2.11. The van der Waals surface area contributed by atoms with Crippen molar-refractivity contribution in [3.8, 4) is 0 Å². The van der Waals surface area contributed by atoms with Gasteiger partial charge in [0.25, 0.3) is 0 Å². The number of halogens is 1. The van der Waals surface area contributed by atoms with Gasteiger partial charge < -0.3 is 14.9 Å². The predicted molar refractivity (Wildman–Crippen MR) is 50.2 cm³/mol. The molecule has 0 fully saturated rings. The van der Waals surface area contributed by atoms with Gasteiger partial charge in [0.1, 0.15) is 5.76 Å². The minimum atomic E-state index is -0.345. The summed E-state index contributed by atoms with van der Waals surface area (Å²) >= 11 is 5.35. The standard InChI is InChI=1S/C8H12ClNO3/c1-12-7(3-4-10)8(13-2)6(11)5-9/h4,10H,3,5H2,1-2H3/b8-7-,10-4?. The maximum atomic E-state index is 11.1. The molecule has 0 rings (SSSR count). The lowest BCUT2D eigenvalue weighted by atomic mass is 10.2. The third-order valence-electron chi connectivity index (χ3n) is 1.37. The molecular weight excluding hydrogens is 194 g/mol. The molecule has 0 spiro atoms. The predicted octanol–water partition coefficient (Wildman–Crippen LogP) is 1.34. The minimum absolute atomic E-state index is 0.0843. The molecule has 0 amide bonds. The quantitative estimate of drug-likeness (QED) is 0.308. The van der Waals surface area contributed by atoms with Crippen molar-refractivity contribution in [2.75, 3.05) is 20.1 Å². The van der Waals surface area contributed by atoms with E-state index in [9.17, 15) is 4.79 Å². The van der Waals surface area contributed by atoms with Crippen LogP contribution in [0.1, 0.15) is 6.42 Å². The Kier molecular flexibility index (Phi) is 5.97. The van der Waals surface area contributed by atoms with Crippen LogP contribution in [0.4, 0.5) is 0 Å². The van der Waals surface area contributed by atoms with Crippen LogP contribution >= 0.6 is 11.6 Å². The van der Waals surface area contributed by atoms with Crippen LogP contribution in [0.3, 0.4) is 0 Å². The zero-order valence-corrected chi connectivity index (χ0v) is 8.35. The first-order chi connectivity index (χ1) is 6.21. The van der Waals surface area contributed by atoms with E-state index in [0.29, 0.717) is 5.76 Å². The summed E-state index contributed by atoms with van der Waals surface area (Å²) in [7, 11) is 2.78. The van der Waals surface area contributed by atoms with Gasteiger partial charge in [0.2, 0.25) is 11.5 Å². The molecule has 0 aliphatic rings. The average Bonchev–Trinajstić information content (AvgIpc) is 2.17. The number of alkyl halides is 1. The SMILES string of the molecule is CO/C(CC=N)=C(\OC)C(=O)CCl. The van der Waals surface area contributed by atoms with Crippen LogP contribution < -0.4 is 0 Å². The second-order valence-electron chi connectivity index (χ2n) is 2.13. The van der Waals surface area contributed by atoms with Gasteiger partial charge in [0.15, 0.2) is 0 Å². The Bertz CT molecular complexity index is 225. The Morgan fingerprint density at radius 3 is 2.38 bits per heavy atom. The van der Waals surface area contributed by atoms with Crippen LogP contribution in [0.25, 0.3) is 0 Å². The fourth-order valence-electron chi connectivity index (χ4n) is 0.805. The fourth-order valence-corrected chi connectivity index (χ4v) is 0.927. The third kappa shape index (κ3) is 3.46. The van der Waals surface area contributed by atoms with Crippen molar-refractivity contribution in [1.29, 1.82) is 5.41 Å². The number of rotatable bonds is 6. The van der Waals surface area contributed by atoms with Crippen molar-refractivity contribution >= 4 is 23.6 Å². The number of ketones is 1. The van der Waals surface area contributed by atoms with Gasteiger partial charge in [-0.3, -0.25) is 4.79 Å². The van der Waals surface area contributed by atoms with Gasteiger partial charge in [-0.05, 0) is 0 Å². The van der Waals surface area contributed by atoms with Gasteiger partial charge in [-0.1, -0.05) is 0 Å². The lowest BCUT2D eigenvalue weighted by molar-refractivity contribution is -0.116. The number of methoxy groups -OCH3 is 2. The highest BCUT2D eigenvalue weighted by Gasteiger charge is 2.15. The first-order valence-corrected chi connectivity index (χ1v) is 4.13. The van der Waals surface area contributed by atoms with Crippen molar-refractivity contribution in [1.82, 2.24) is 0 Å². The Morgan fingerprint density at radius 1 is 1.46 bits per heavy atom. The van der Waals surface area contributed by atoms with E-state index in [0.717, 1.165) is 6.21 Å². The van der Waals surface area contributed by atoms with Gasteiger partial charge in [-0.25, -0.2) is 0 Å². The van der Waals surface area contributed by atoms with Crippen LogP contribution in [-0.2, 0) is 14.3 Å². The average molecular weight is 206 g/mol. The monoisotopic (exact) mass is 205 g/mol. The molecule has 13 heavy (non-hydrogen) atoms. The molecule has 74 valence electrons. The van der Waals surface area contributed by atoms with Crippen LogP contribution in [0.5, 0.6) is 0 Å². The highest BCUT2D eigenvalue weighted by atomic mass is 35.5. The van der Waals surface area contributed by atoms with Crippen LogP contribution in [0.2, 0.25) is 0 Å². The summed E-state index contributed by atoms with van der Waals surface area (Å²) in [6, 6.07) is 0. The zero-order chi connectivity index (χ0) is 10.3. The number of carbonyl (C=O) groups is 1. The maximum Gasteiger partial charge on any atom is 0.215 e. The number of nitrogens with one attached hydrogen (secondary N) is 1. The van der Waals surface area contributed by atoms with E-state index < -0.39 is 0 Å². The maximum absolute atomic E-state index is 11.1. The normalized spacial score (nSPS) is 11.6. The molecule has 0 aliphatic carbocycles. The van der Waals surface area contributed by atoms with Gasteiger partial charge in [0, 0.05) is 12.6 Å². The Hall–Kier alpha value is -1.03. The lowest BCUT2D eigenvalue weighted by Crippen LogP contribution is -2.10. The summed E-state index contributed by atoms with van der Waals surface area (Å²) in [4.78, 5) is 11.1. The fraction of sp³-hybridized carbons (Fsp3) is 0.500. The van der Waals surface area contributed by atoms with Gasteiger partial charge in [-0.2, -0.15) is 0 Å². The van der Waals surface area contributed by atoms with E-state index in [1.165, 1.54) is 14.2 Å². The molecule has 0 radical (unpaired) electrons. The zero-order valence-electron chi connectivity index (χ0n) is 7.59. The first kappa shape index (κ1) is 12.0. The van der Waals surface area contributed by atoms with Crippen molar-refractivity contribution in [2.45, 2.75) is 6.42 Å². The molecule has 0 saturated heterocycles. The van der Waals surface area contributed by atoms with E-state index in [-0.39, 0.29) is 23.8 Å². The molecule has 0 aromatic carbocycles. The van der Waals surface area contributed by atoms with Crippen LogP contribution in [0, 0.1) is 5.41 Å². The molecule has 4 nitrogen and oxygen atoms in total. The summed E-state index contributed by atoms with van der Waals surface area (Å²) in [6.07, 6.45) is 1.35. The minimum Gasteiger partial charge on any atom is -0.497 e. The number of hydrogen-bond donors (Lipinski definition) is 1. The van der Waals surface area contributed by atoms with Gasteiger partial charge in [0.05, 0.1) is 20.1 Å². The highest BCUT2D eigenvalue weighted by molar-refractivity contribution is 6.30. The molecule has 0 saturated carbocycles. The van der Waals surface area contributed by atoms with E-state index in [1.807, 2.05) is 0 Å². The number of carbonyl (C=O) groups excluding carboxylic acids is 1. The number of ether oxygens (including phenoxy) is 2. The second kappa shape index (κ2) is 6.48. The molecule has 0 heterocycles. The van der Waals surface area contributed by atoms with E-state index in [4.69, 9.17) is 26.5 Å². The Morgan fingerprint density at radius 2 is 2.08 bits per heavy atom. The van der Waals surface area contributed by atoms with Gasteiger partial charge >= 0.3 is 0 Å². The van der Waals surface area contributed by atoms with Crippen molar-refractivity contribution in [3.63, 3.8) is 0 Å². The molecule has 0 aliphatic heterocycles. The smallest absolute Gasteiger partial charge is 0.215 e. The lowest BCUT2D eigenvalue weighted by Gasteiger charge is -2.09. The van der Waals surface area contributed by atoms with E-state index in [2.05, 4.69) is 0 Å². The second-order valence-corrected chi connectivity index (χ2v) is 2.39. The molecule has 0 aromatic rings. The Labute approximate surface area is 82.0 Å². The molecule has 5 heteroatoms. The topological polar surface area (TPSA) is 59.4 Å². The van der Waals surface area contributed by atoms with E-state index in [1.54, 1.807) is 0 Å². The largest absolute Gasteiger partial charge is 0.497 e. The molecule has 0 bridgehead atoms. The summed E-state index contributed by atoms with van der Waals surface area (Å²) in [6.45, 7) is 0. The van der Waals surface area contributed by atoms with Crippen LogP contribution in [0.15, 0.2) is 11.5 Å². The number of hydrogen-bond acceptors (Lipinski definition) is 4. The van der Waals surface area contributed by atoms with Gasteiger partial charge in [-0.15, -0.1) is 11.6 Å². The Balaban J connectivity index is 4.80. The van der Waals surface area contributed by atoms with Crippen molar-refractivity contribution < 1.29 is 14.3 Å². The number of allylic oxidation sites excluding steroid dienone is 2. The molecular formula is C8H12ClNO3. The molecule has 0 atom stereocenters. The van der Waals surface area contributed by atoms with Crippen LogP contribution in [-0.4, -0.2) is 32.1 Å². The molecule has 0 aromatic heterocycles. The van der Waals surface area contributed by atoms with E-state index >= 15 is 0 Å². The summed E-state index contributed by atoms with van der Waals surface area (Å²) in [5.41, 5.74) is 0.